The van der Waals surface area contributed by atoms with Gasteiger partial charge >= 0.3 is 0 Å². The van der Waals surface area contributed by atoms with E-state index in [1.807, 2.05) is 37.3 Å². The lowest BCUT2D eigenvalue weighted by Gasteiger charge is -2.11. The van der Waals surface area contributed by atoms with Crippen LogP contribution in [0.3, 0.4) is 0 Å². The first kappa shape index (κ1) is 18.5. The van der Waals surface area contributed by atoms with Gasteiger partial charge in [-0.05, 0) is 66.1 Å². The molecule has 0 bridgehead atoms. The highest BCUT2D eigenvalue weighted by molar-refractivity contribution is 5.74. The van der Waals surface area contributed by atoms with Crippen molar-refractivity contribution < 1.29 is 13.9 Å². The topological polar surface area (TPSA) is 30.5 Å². The van der Waals surface area contributed by atoms with Crippen molar-refractivity contribution in [2.24, 2.45) is 0 Å². The van der Waals surface area contributed by atoms with Crippen LogP contribution in [0.5, 0.6) is 11.5 Å². The molecule has 3 aromatic carbocycles. The molecule has 3 nitrogen and oxygen atoms in total. The van der Waals surface area contributed by atoms with Crippen LogP contribution in [0.1, 0.15) is 16.7 Å². The summed E-state index contributed by atoms with van der Waals surface area (Å²) in [6, 6.07) is 18.3. The molecule has 3 rings (SSSR count). The molecule has 0 saturated heterocycles. The van der Waals surface area contributed by atoms with Crippen LogP contribution >= 0.6 is 0 Å². The van der Waals surface area contributed by atoms with Gasteiger partial charge in [0.05, 0.1) is 14.2 Å². The lowest BCUT2D eigenvalue weighted by molar-refractivity contribution is 0.355. The Hall–Kier alpha value is -3.27. The molecule has 0 amide bonds. The summed E-state index contributed by atoms with van der Waals surface area (Å²) in [7, 11) is 3.24. The van der Waals surface area contributed by atoms with E-state index in [2.05, 4.69) is 23.5 Å². The highest BCUT2D eigenvalue weighted by Gasteiger charge is 2.03. The molecule has 1 N–H and O–H groups in total. The summed E-state index contributed by atoms with van der Waals surface area (Å²) in [5.74, 6) is 1.15. The molecule has 138 valence electrons. The molecule has 0 aliphatic heterocycles. The predicted molar refractivity (Wildman–Crippen MR) is 109 cm³/mol. The largest absolute Gasteiger partial charge is 0.493 e. The van der Waals surface area contributed by atoms with E-state index in [9.17, 15) is 4.39 Å². The maximum Gasteiger partial charge on any atom is 0.161 e. The fourth-order valence-corrected chi connectivity index (χ4v) is 2.72. The van der Waals surface area contributed by atoms with Gasteiger partial charge in [0.1, 0.15) is 5.82 Å². The van der Waals surface area contributed by atoms with Gasteiger partial charge in [0.2, 0.25) is 0 Å². The van der Waals surface area contributed by atoms with Crippen molar-refractivity contribution in [3.63, 3.8) is 0 Å². The summed E-state index contributed by atoms with van der Waals surface area (Å²) in [4.78, 5) is 0. The quantitative estimate of drug-likeness (QED) is 0.540. The van der Waals surface area contributed by atoms with Crippen molar-refractivity contribution in [2.45, 2.75) is 6.92 Å². The fraction of sp³-hybridized carbons (Fsp3) is 0.130. The minimum atomic E-state index is -0.246. The van der Waals surface area contributed by atoms with E-state index in [0.29, 0.717) is 11.5 Å². The van der Waals surface area contributed by atoms with Crippen LogP contribution in [0.4, 0.5) is 15.8 Å². The average Bonchev–Trinajstić information content (AvgIpc) is 2.70. The fourth-order valence-electron chi connectivity index (χ4n) is 2.72. The molecule has 0 heterocycles. The van der Waals surface area contributed by atoms with E-state index >= 15 is 0 Å². The van der Waals surface area contributed by atoms with E-state index in [1.54, 1.807) is 26.4 Å². The van der Waals surface area contributed by atoms with Gasteiger partial charge in [0, 0.05) is 11.4 Å². The van der Waals surface area contributed by atoms with Gasteiger partial charge in [-0.2, -0.15) is 0 Å². The Morgan fingerprint density at radius 3 is 2.07 bits per heavy atom. The van der Waals surface area contributed by atoms with Crippen LogP contribution in [0.15, 0.2) is 60.7 Å². The molecule has 3 aromatic rings. The molecule has 0 aliphatic carbocycles. The van der Waals surface area contributed by atoms with Crippen LogP contribution in [-0.4, -0.2) is 14.2 Å². The summed E-state index contributed by atoms with van der Waals surface area (Å²) in [6.07, 6.45) is 4.06. The van der Waals surface area contributed by atoms with Gasteiger partial charge < -0.3 is 14.8 Å². The van der Waals surface area contributed by atoms with E-state index in [-0.39, 0.29) is 5.82 Å². The zero-order valence-electron chi connectivity index (χ0n) is 15.6. The van der Waals surface area contributed by atoms with Crippen molar-refractivity contribution in [1.82, 2.24) is 0 Å². The Kier molecular flexibility index (Phi) is 5.77. The van der Waals surface area contributed by atoms with Crippen LogP contribution < -0.4 is 14.8 Å². The number of ether oxygens (including phenoxy) is 2. The van der Waals surface area contributed by atoms with Gasteiger partial charge in [-0.1, -0.05) is 30.4 Å². The Morgan fingerprint density at radius 2 is 1.41 bits per heavy atom. The molecule has 0 spiro atoms. The second-order valence-corrected chi connectivity index (χ2v) is 6.15. The molecule has 4 heteroatoms. The molecule has 0 saturated carbocycles. The highest BCUT2D eigenvalue weighted by Crippen LogP contribution is 2.29. The van der Waals surface area contributed by atoms with Gasteiger partial charge in [0.15, 0.2) is 11.5 Å². The third-order valence-electron chi connectivity index (χ3n) is 4.26. The van der Waals surface area contributed by atoms with Crippen molar-refractivity contribution in [3.8, 4) is 11.5 Å². The molecule has 0 unspecified atom stereocenters. The van der Waals surface area contributed by atoms with E-state index in [1.165, 1.54) is 12.1 Å². The van der Waals surface area contributed by atoms with Crippen molar-refractivity contribution in [3.05, 3.63) is 83.2 Å². The number of halogens is 1. The predicted octanol–water partition coefficient (Wildman–Crippen LogP) is 6.07. The number of methoxy groups -OCH3 is 2. The lowest BCUT2D eigenvalue weighted by Crippen LogP contribution is -1.94. The van der Waals surface area contributed by atoms with Crippen molar-refractivity contribution in [1.29, 1.82) is 0 Å². The number of anilines is 2. The normalized spacial score (nSPS) is 10.8. The van der Waals surface area contributed by atoms with Crippen LogP contribution in [0.2, 0.25) is 0 Å². The Balaban J connectivity index is 1.81. The molecular formula is C23H22FNO2. The summed E-state index contributed by atoms with van der Waals surface area (Å²) in [6.45, 7) is 2.04. The summed E-state index contributed by atoms with van der Waals surface area (Å²) < 4.78 is 23.7. The SMILES string of the molecule is COc1ccc(/C=C/c2ccc(C)c(Nc3ccc(F)cc3)c2)cc1OC. The first-order valence-corrected chi connectivity index (χ1v) is 8.62. The minimum absolute atomic E-state index is 0.246. The lowest BCUT2D eigenvalue weighted by atomic mass is 10.1. The van der Waals surface area contributed by atoms with Crippen molar-refractivity contribution >= 4 is 23.5 Å². The zero-order valence-corrected chi connectivity index (χ0v) is 15.6. The molecule has 0 fully saturated rings. The standard InChI is InChI=1S/C23H22FNO2/c1-16-4-5-17(14-21(16)25-20-11-9-19(24)10-12-20)6-7-18-8-13-22(26-2)23(15-18)27-3/h4-15,25H,1-3H3/b7-6+. The summed E-state index contributed by atoms with van der Waals surface area (Å²) in [5, 5.41) is 3.33. The molecule has 0 radical (unpaired) electrons. The first-order chi connectivity index (χ1) is 13.1. The molecule has 0 atom stereocenters. The molecule has 0 aromatic heterocycles. The number of hydrogen-bond donors (Lipinski definition) is 1. The summed E-state index contributed by atoms with van der Waals surface area (Å²) in [5.41, 5.74) is 5.01. The van der Waals surface area contributed by atoms with Crippen LogP contribution in [0, 0.1) is 12.7 Å². The zero-order chi connectivity index (χ0) is 19.2. The van der Waals surface area contributed by atoms with E-state index in [0.717, 1.165) is 28.1 Å². The smallest absolute Gasteiger partial charge is 0.161 e. The molecule has 0 aliphatic rings. The third kappa shape index (κ3) is 4.67. The van der Waals surface area contributed by atoms with Crippen LogP contribution in [-0.2, 0) is 0 Å². The average molecular weight is 363 g/mol. The van der Waals surface area contributed by atoms with Gasteiger partial charge in [0.25, 0.3) is 0 Å². The number of hydrogen-bond acceptors (Lipinski definition) is 3. The maximum absolute atomic E-state index is 13.1. The first-order valence-electron chi connectivity index (χ1n) is 8.62. The number of rotatable bonds is 6. The maximum atomic E-state index is 13.1. The number of nitrogens with one attached hydrogen (secondary N) is 1. The summed E-state index contributed by atoms with van der Waals surface area (Å²) >= 11 is 0. The number of aryl methyl sites for hydroxylation is 1. The number of benzene rings is 3. The van der Waals surface area contributed by atoms with Gasteiger partial charge in [-0.3, -0.25) is 0 Å². The second kappa shape index (κ2) is 8.41. The Labute approximate surface area is 159 Å². The highest BCUT2D eigenvalue weighted by atomic mass is 19.1. The van der Waals surface area contributed by atoms with E-state index < -0.39 is 0 Å². The Morgan fingerprint density at radius 1 is 0.778 bits per heavy atom. The van der Waals surface area contributed by atoms with E-state index in [4.69, 9.17) is 9.47 Å². The monoisotopic (exact) mass is 363 g/mol. The van der Waals surface area contributed by atoms with Gasteiger partial charge in [-0.25, -0.2) is 4.39 Å². The van der Waals surface area contributed by atoms with Crippen molar-refractivity contribution in [2.75, 3.05) is 19.5 Å². The molecular weight excluding hydrogens is 341 g/mol. The third-order valence-corrected chi connectivity index (χ3v) is 4.26. The molecule has 27 heavy (non-hydrogen) atoms. The minimum Gasteiger partial charge on any atom is -0.493 e. The second-order valence-electron chi connectivity index (χ2n) is 6.15. The van der Waals surface area contributed by atoms with Crippen LogP contribution in [0.25, 0.3) is 12.2 Å². The van der Waals surface area contributed by atoms with Gasteiger partial charge in [-0.15, -0.1) is 0 Å². The Bertz CT molecular complexity index is 949.